The van der Waals surface area contributed by atoms with Crippen LogP contribution in [0.3, 0.4) is 0 Å². The first-order chi connectivity index (χ1) is 17.7. The molecule has 1 aliphatic rings. The molecule has 174 valence electrons. The number of thiophene rings is 1. The molecule has 8 bridgehead atoms. The molecule has 7 aromatic rings. The molecular weight excluding hydrogens is 470 g/mol. The summed E-state index contributed by atoms with van der Waals surface area (Å²) in [5.41, 5.74) is 5.58. The molecule has 0 aliphatic heterocycles. The molecule has 36 heavy (non-hydrogen) atoms. The molecule has 8 rings (SSSR count). The van der Waals surface area contributed by atoms with Crippen LogP contribution in [0.2, 0.25) is 0 Å². The number of nitrogens with one attached hydrogen (secondary N) is 2. The molecule has 0 atom stereocenters. The number of benzene rings is 1. The lowest BCUT2D eigenvalue weighted by atomic mass is 9.84. The van der Waals surface area contributed by atoms with Crippen molar-refractivity contribution in [3.8, 4) is 0 Å². The number of hydrogen-bond donors (Lipinski definition) is 2. The third kappa shape index (κ3) is 2.83. The lowest BCUT2D eigenvalue weighted by molar-refractivity contribution is 0.0776. The standard InChI is InChI=1S/C27H19N7OS/c35-27(14-3-1-4-14)34-16-9-15(11-28-12-16)20-10-18-21(13-29-20)32-33-25(18)26-30-19-6-2-5-17(24(19)31-26)22-7-8-23(34)36-22/h2,5-14H,1,3-4H2,(H,30,31)(H,32,33). The average molecular weight is 490 g/mol. The third-order valence-electron chi connectivity index (χ3n) is 7.21. The predicted molar refractivity (Wildman–Crippen MR) is 143 cm³/mol. The van der Waals surface area contributed by atoms with E-state index in [1.165, 1.54) is 0 Å². The van der Waals surface area contributed by atoms with Crippen molar-refractivity contribution in [2.45, 2.75) is 19.3 Å². The minimum atomic E-state index is 0.0431. The Balaban J connectivity index is 1.62. The van der Waals surface area contributed by atoms with Gasteiger partial charge in [0, 0.05) is 33.0 Å². The van der Waals surface area contributed by atoms with Crippen LogP contribution in [0.1, 0.15) is 24.1 Å². The molecule has 6 aromatic heterocycles. The molecule has 1 saturated carbocycles. The summed E-state index contributed by atoms with van der Waals surface area (Å²) in [5, 5.41) is 10.4. The minimum Gasteiger partial charge on any atom is -0.337 e. The number of rotatable bonds is 1. The molecule has 1 aromatic carbocycles. The van der Waals surface area contributed by atoms with Crippen LogP contribution in [0.15, 0.2) is 61.1 Å². The maximum absolute atomic E-state index is 13.7. The topological polar surface area (TPSA) is 105 Å². The highest BCUT2D eigenvalue weighted by Gasteiger charge is 2.27. The first-order valence-corrected chi connectivity index (χ1v) is 12.8. The van der Waals surface area contributed by atoms with Gasteiger partial charge < -0.3 is 4.98 Å². The van der Waals surface area contributed by atoms with Crippen molar-refractivity contribution in [3.63, 3.8) is 0 Å². The molecule has 1 fully saturated rings. The van der Waals surface area contributed by atoms with Crippen molar-refractivity contribution in [2.24, 2.45) is 5.92 Å². The Morgan fingerprint density at radius 1 is 1.00 bits per heavy atom. The second-order valence-electron chi connectivity index (χ2n) is 9.35. The van der Waals surface area contributed by atoms with Crippen molar-refractivity contribution in [1.29, 1.82) is 0 Å². The lowest BCUT2D eigenvalue weighted by Gasteiger charge is -2.24. The Morgan fingerprint density at radius 2 is 1.94 bits per heavy atom. The summed E-state index contributed by atoms with van der Waals surface area (Å²) in [6.07, 6.45) is 8.28. The first-order valence-electron chi connectivity index (χ1n) is 12.0. The molecule has 0 spiro atoms. The summed E-state index contributed by atoms with van der Waals surface area (Å²) in [7, 11) is 0. The smallest absolute Gasteiger partial charge is 0.235 e. The Morgan fingerprint density at radius 3 is 2.83 bits per heavy atom. The highest BCUT2D eigenvalue weighted by Crippen LogP contribution is 2.33. The SMILES string of the molecule is O=C(C1CCC1)n1c2cncc(c2)c2cc3c(cn2)[nH]nc3c2nc3c(cccc3c3ccc1s3)[nH]2. The van der Waals surface area contributed by atoms with Crippen LogP contribution in [0.5, 0.6) is 0 Å². The number of carbonyl (C=O) groups excluding carboxylic acids is 1. The van der Waals surface area contributed by atoms with Gasteiger partial charge in [-0.2, -0.15) is 5.10 Å². The number of aromatic nitrogens is 7. The van der Waals surface area contributed by atoms with Gasteiger partial charge in [-0.15, -0.1) is 11.3 Å². The molecular formula is C27H19N7OS. The van der Waals surface area contributed by atoms with E-state index >= 15 is 0 Å². The lowest BCUT2D eigenvalue weighted by Crippen LogP contribution is -2.27. The van der Waals surface area contributed by atoms with Crippen LogP contribution >= 0.6 is 11.3 Å². The molecule has 6 heterocycles. The summed E-state index contributed by atoms with van der Waals surface area (Å²) in [5.74, 6) is 0.167. The van der Waals surface area contributed by atoms with E-state index in [2.05, 4.69) is 37.3 Å². The number of para-hydroxylation sites is 1. The summed E-state index contributed by atoms with van der Waals surface area (Å²) < 4.78 is 2.89. The largest absolute Gasteiger partial charge is 0.337 e. The number of carbonyl (C=O) groups is 1. The fourth-order valence-corrected chi connectivity index (χ4v) is 6.14. The zero-order valence-electron chi connectivity index (χ0n) is 19.0. The molecule has 0 unspecified atom stereocenters. The van der Waals surface area contributed by atoms with E-state index < -0.39 is 0 Å². The number of pyridine rings is 2. The number of H-pyrrole nitrogens is 2. The highest BCUT2D eigenvalue weighted by molar-refractivity contribution is 7.24. The number of imidazole rings is 1. The maximum Gasteiger partial charge on any atom is 0.235 e. The van der Waals surface area contributed by atoms with Gasteiger partial charge in [-0.25, -0.2) is 4.98 Å². The van der Waals surface area contributed by atoms with Gasteiger partial charge in [0.2, 0.25) is 5.91 Å². The van der Waals surface area contributed by atoms with Crippen molar-refractivity contribution in [1.82, 2.24) is 34.7 Å². The van der Waals surface area contributed by atoms with Crippen molar-refractivity contribution < 1.29 is 4.79 Å². The Hall–Kier alpha value is -4.37. The zero-order valence-corrected chi connectivity index (χ0v) is 19.8. The summed E-state index contributed by atoms with van der Waals surface area (Å²) >= 11 is 1.59. The third-order valence-corrected chi connectivity index (χ3v) is 8.32. The molecule has 0 radical (unpaired) electrons. The number of nitrogens with zero attached hydrogens (tertiary/aromatic N) is 5. The van der Waals surface area contributed by atoms with E-state index in [4.69, 9.17) is 4.98 Å². The van der Waals surface area contributed by atoms with E-state index in [-0.39, 0.29) is 11.8 Å². The van der Waals surface area contributed by atoms with E-state index in [0.29, 0.717) is 5.65 Å². The predicted octanol–water partition coefficient (Wildman–Crippen LogP) is 6.27. The van der Waals surface area contributed by atoms with Gasteiger partial charge in [0.15, 0.2) is 5.65 Å². The number of fused-ring (bicyclic) bond motifs is 9. The van der Waals surface area contributed by atoms with E-state index in [0.717, 1.165) is 78.1 Å². The fraction of sp³-hybridized carbons (Fsp3) is 0.148. The number of hydrogen-bond acceptors (Lipinski definition) is 6. The maximum atomic E-state index is 13.7. The van der Waals surface area contributed by atoms with Gasteiger partial charge in [-0.1, -0.05) is 18.6 Å². The quantitative estimate of drug-likeness (QED) is 0.283. The molecule has 0 amide bonds. The molecule has 8 nitrogen and oxygen atoms in total. The summed E-state index contributed by atoms with van der Waals surface area (Å²) in [4.78, 5) is 32.2. The number of aromatic amines is 2. The second kappa shape index (κ2) is 7.32. The van der Waals surface area contributed by atoms with E-state index in [1.807, 2.05) is 34.9 Å². The van der Waals surface area contributed by atoms with Gasteiger partial charge in [-0.3, -0.25) is 24.4 Å². The van der Waals surface area contributed by atoms with Crippen LogP contribution in [-0.2, 0) is 0 Å². The zero-order chi connectivity index (χ0) is 23.8. The van der Waals surface area contributed by atoms with E-state index in [9.17, 15) is 4.79 Å². The van der Waals surface area contributed by atoms with Gasteiger partial charge in [-0.05, 0) is 43.2 Å². The first kappa shape index (κ1) is 19.9. The van der Waals surface area contributed by atoms with Crippen LogP contribution in [0, 0.1) is 5.92 Å². The van der Waals surface area contributed by atoms with Gasteiger partial charge in [0.05, 0.1) is 40.0 Å². The van der Waals surface area contributed by atoms with Crippen LogP contribution in [0.25, 0.3) is 64.4 Å². The summed E-state index contributed by atoms with van der Waals surface area (Å²) in [6, 6.07) is 14.2. The molecule has 1 aliphatic carbocycles. The Kier molecular flexibility index (Phi) is 4.04. The van der Waals surface area contributed by atoms with Gasteiger partial charge >= 0.3 is 0 Å². The Labute approximate surface area is 207 Å². The molecule has 2 N–H and O–H groups in total. The van der Waals surface area contributed by atoms with Gasteiger partial charge in [0.1, 0.15) is 10.3 Å². The fourth-order valence-electron chi connectivity index (χ4n) is 5.08. The van der Waals surface area contributed by atoms with Crippen molar-refractivity contribution >= 4 is 81.7 Å². The van der Waals surface area contributed by atoms with Crippen LogP contribution < -0.4 is 0 Å². The van der Waals surface area contributed by atoms with Crippen molar-refractivity contribution in [3.05, 3.63) is 61.1 Å². The normalized spacial score (nSPS) is 14.3. The second-order valence-corrected chi connectivity index (χ2v) is 10.4. The van der Waals surface area contributed by atoms with Crippen LogP contribution in [0.4, 0.5) is 0 Å². The van der Waals surface area contributed by atoms with E-state index in [1.54, 1.807) is 29.9 Å². The minimum absolute atomic E-state index is 0.0431. The average Bonchev–Trinajstić information content (AvgIpc) is 3.60. The molecule has 9 heteroatoms. The van der Waals surface area contributed by atoms with Gasteiger partial charge in [0.25, 0.3) is 0 Å². The van der Waals surface area contributed by atoms with Crippen molar-refractivity contribution in [2.75, 3.05) is 0 Å². The molecule has 0 saturated heterocycles. The Bertz CT molecular complexity index is 2070. The highest BCUT2D eigenvalue weighted by atomic mass is 32.1. The van der Waals surface area contributed by atoms with Crippen LogP contribution in [-0.4, -0.2) is 40.6 Å². The monoisotopic (exact) mass is 489 g/mol. The summed E-state index contributed by atoms with van der Waals surface area (Å²) in [6.45, 7) is 0.